The number of thiazole rings is 1. The van der Waals surface area contributed by atoms with Gasteiger partial charge < -0.3 is 24.7 Å². The number of anilines is 2. The molecule has 38 heavy (non-hydrogen) atoms. The number of hydrogen-bond donors (Lipinski definition) is 2. The minimum Gasteiger partial charge on any atom is -0.493 e. The fourth-order valence-corrected chi connectivity index (χ4v) is 5.27. The second-order valence-corrected chi connectivity index (χ2v) is 9.92. The molecule has 0 bridgehead atoms. The number of fused-ring (bicyclic) bond motifs is 1. The Morgan fingerprint density at radius 2 is 2.03 bits per heavy atom. The Hall–Kier alpha value is -4.37. The Morgan fingerprint density at radius 3 is 2.84 bits per heavy atom. The molecular formula is C29H27N5O3S. The molecule has 2 N–H and O–H groups in total. The van der Waals surface area contributed by atoms with Crippen LogP contribution in [0.4, 0.5) is 11.4 Å². The van der Waals surface area contributed by atoms with Crippen molar-refractivity contribution >= 4 is 34.2 Å². The zero-order chi connectivity index (χ0) is 25.9. The van der Waals surface area contributed by atoms with E-state index in [1.54, 1.807) is 30.2 Å². The lowest BCUT2D eigenvalue weighted by molar-refractivity contribution is -0.113. The first-order chi connectivity index (χ1) is 18.7. The Labute approximate surface area is 224 Å². The van der Waals surface area contributed by atoms with E-state index < -0.39 is 0 Å². The molecule has 0 atom stereocenters. The van der Waals surface area contributed by atoms with Crippen molar-refractivity contribution in [2.45, 2.75) is 32.4 Å². The van der Waals surface area contributed by atoms with Gasteiger partial charge in [-0.2, -0.15) is 0 Å². The first-order valence-electron chi connectivity index (χ1n) is 12.5. The molecule has 3 heterocycles. The fraction of sp³-hybridized carbons (Fsp3) is 0.207. The third-order valence-electron chi connectivity index (χ3n) is 6.77. The molecule has 1 aliphatic heterocycles. The van der Waals surface area contributed by atoms with Crippen molar-refractivity contribution in [3.05, 3.63) is 100 Å². The minimum absolute atomic E-state index is 0.0586. The van der Waals surface area contributed by atoms with Crippen LogP contribution in [0.5, 0.6) is 11.5 Å². The molecule has 0 saturated heterocycles. The number of ether oxygens (including phenoxy) is 2. The zero-order valence-corrected chi connectivity index (χ0v) is 21.8. The van der Waals surface area contributed by atoms with Crippen LogP contribution in [-0.2, 0) is 24.4 Å². The molecule has 2 aromatic heterocycles. The summed E-state index contributed by atoms with van der Waals surface area (Å²) < 4.78 is 13.6. The fourth-order valence-electron chi connectivity index (χ4n) is 4.73. The van der Waals surface area contributed by atoms with Crippen LogP contribution < -0.4 is 20.1 Å². The molecule has 0 saturated carbocycles. The Kier molecular flexibility index (Phi) is 6.66. The van der Waals surface area contributed by atoms with E-state index in [0.29, 0.717) is 24.5 Å². The van der Waals surface area contributed by atoms with Crippen LogP contribution in [0.3, 0.4) is 0 Å². The van der Waals surface area contributed by atoms with E-state index in [-0.39, 0.29) is 5.91 Å². The third-order valence-corrected chi connectivity index (χ3v) is 7.41. The van der Waals surface area contributed by atoms with Crippen LogP contribution in [0.1, 0.15) is 29.7 Å². The summed E-state index contributed by atoms with van der Waals surface area (Å²) in [6.45, 7) is 1.22. The van der Waals surface area contributed by atoms with Crippen molar-refractivity contribution in [1.29, 1.82) is 0 Å². The molecule has 192 valence electrons. The summed E-state index contributed by atoms with van der Waals surface area (Å²) in [6.07, 6.45) is 9.86. The predicted molar refractivity (Wildman–Crippen MR) is 148 cm³/mol. The normalized spacial score (nSPS) is 14.6. The maximum Gasteiger partial charge on any atom is 0.253 e. The van der Waals surface area contributed by atoms with Crippen molar-refractivity contribution < 1.29 is 14.3 Å². The number of carbonyl (C=O) groups excluding carboxylic acids is 1. The first kappa shape index (κ1) is 24.0. The van der Waals surface area contributed by atoms with Gasteiger partial charge in [0.2, 0.25) is 0 Å². The number of hydrogen-bond acceptors (Lipinski definition) is 7. The monoisotopic (exact) mass is 525 g/mol. The van der Waals surface area contributed by atoms with Gasteiger partial charge in [-0.05, 0) is 66.3 Å². The third kappa shape index (κ3) is 5.05. The van der Waals surface area contributed by atoms with Gasteiger partial charge >= 0.3 is 0 Å². The van der Waals surface area contributed by atoms with Gasteiger partial charge in [0.1, 0.15) is 6.61 Å². The average Bonchev–Trinajstić information content (AvgIpc) is 3.64. The van der Waals surface area contributed by atoms with Crippen molar-refractivity contribution in [3.8, 4) is 11.5 Å². The number of rotatable bonds is 8. The Balaban J connectivity index is 1.21. The van der Waals surface area contributed by atoms with Crippen molar-refractivity contribution in [2.24, 2.45) is 0 Å². The average molecular weight is 526 g/mol. The number of amides is 1. The van der Waals surface area contributed by atoms with E-state index in [9.17, 15) is 4.79 Å². The number of benzene rings is 2. The molecular weight excluding hydrogens is 498 g/mol. The lowest BCUT2D eigenvalue weighted by Gasteiger charge is -2.20. The molecule has 0 radical (unpaired) electrons. The summed E-state index contributed by atoms with van der Waals surface area (Å²) in [5.74, 6) is 1.28. The van der Waals surface area contributed by atoms with Crippen LogP contribution in [0.15, 0.2) is 83.4 Å². The van der Waals surface area contributed by atoms with Crippen LogP contribution in [0.25, 0.3) is 5.57 Å². The number of methoxy groups -OCH3 is 1. The van der Waals surface area contributed by atoms with Crippen LogP contribution in [0.2, 0.25) is 0 Å². The van der Waals surface area contributed by atoms with E-state index >= 15 is 0 Å². The molecule has 2 aromatic carbocycles. The second kappa shape index (κ2) is 10.5. The molecule has 0 spiro atoms. The smallest absolute Gasteiger partial charge is 0.253 e. The number of allylic oxidation sites excluding steroid dienone is 2. The SMILES string of the molecule is COc1cc(C2=CC3=C(CC2)C(=O)Nc2cc(CCn4ccnc4)ccc2N3)ccc1OCc1cscn1. The number of imidazole rings is 1. The first-order valence-corrected chi connectivity index (χ1v) is 13.4. The highest BCUT2D eigenvalue weighted by atomic mass is 32.1. The van der Waals surface area contributed by atoms with Gasteiger partial charge in [-0.25, -0.2) is 9.97 Å². The summed E-state index contributed by atoms with van der Waals surface area (Å²) in [7, 11) is 1.64. The van der Waals surface area contributed by atoms with Gasteiger partial charge in [0.05, 0.1) is 36.0 Å². The van der Waals surface area contributed by atoms with E-state index in [0.717, 1.165) is 64.4 Å². The van der Waals surface area contributed by atoms with Crippen molar-refractivity contribution in [1.82, 2.24) is 14.5 Å². The number of aromatic nitrogens is 3. The van der Waals surface area contributed by atoms with Gasteiger partial charge in [-0.1, -0.05) is 12.1 Å². The lowest BCUT2D eigenvalue weighted by atomic mass is 9.91. The number of aryl methyl sites for hydroxylation is 2. The molecule has 1 aliphatic carbocycles. The topological polar surface area (TPSA) is 90.3 Å². The van der Waals surface area contributed by atoms with E-state index in [1.165, 1.54) is 0 Å². The van der Waals surface area contributed by atoms with E-state index in [2.05, 4.69) is 38.8 Å². The molecule has 4 aromatic rings. The maximum atomic E-state index is 13.1. The predicted octanol–water partition coefficient (Wildman–Crippen LogP) is 5.67. The molecule has 0 unspecified atom stereocenters. The molecule has 2 aliphatic rings. The van der Waals surface area contributed by atoms with Gasteiger partial charge in [-0.15, -0.1) is 11.3 Å². The number of nitrogens with zero attached hydrogens (tertiary/aromatic N) is 3. The summed E-state index contributed by atoms with van der Waals surface area (Å²) in [4.78, 5) is 21.5. The molecule has 9 heteroatoms. The Bertz CT molecular complexity index is 1520. The zero-order valence-electron chi connectivity index (χ0n) is 20.9. The molecule has 0 fully saturated rings. The highest BCUT2D eigenvalue weighted by molar-refractivity contribution is 7.07. The lowest BCUT2D eigenvalue weighted by Crippen LogP contribution is -2.16. The second-order valence-electron chi connectivity index (χ2n) is 9.21. The van der Waals surface area contributed by atoms with Crippen molar-refractivity contribution in [2.75, 3.05) is 17.7 Å². The van der Waals surface area contributed by atoms with Gasteiger partial charge in [-0.3, -0.25) is 4.79 Å². The van der Waals surface area contributed by atoms with E-state index in [4.69, 9.17) is 9.47 Å². The van der Waals surface area contributed by atoms with Gasteiger partial charge in [0, 0.05) is 35.6 Å². The van der Waals surface area contributed by atoms with Gasteiger partial charge in [0.25, 0.3) is 5.91 Å². The van der Waals surface area contributed by atoms with Crippen LogP contribution >= 0.6 is 11.3 Å². The number of carbonyl (C=O) groups is 1. The highest BCUT2D eigenvalue weighted by Gasteiger charge is 2.25. The highest BCUT2D eigenvalue weighted by Crippen LogP contribution is 2.38. The molecule has 1 amide bonds. The van der Waals surface area contributed by atoms with Crippen LogP contribution in [0, 0.1) is 0 Å². The maximum absolute atomic E-state index is 13.1. The van der Waals surface area contributed by atoms with Gasteiger partial charge in [0.15, 0.2) is 11.5 Å². The summed E-state index contributed by atoms with van der Waals surface area (Å²) in [6, 6.07) is 12.1. The Morgan fingerprint density at radius 1 is 1.08 bits per heavy atom. The minimum atomic E-state index is -0.0586. The summed E-state index contributed by atoms with van der Waals surface area (Å²) >= 11 is 1.54. The largest absolute Gasteiger partial charge is 0.493 e. The quantitative estimate of drug-likeness (QED) is 0.308. The summed E-state index contributed by atoms with van der Waals surface area (Å²) in [5.41, 5.74) is 9.28. The molecule has 8 nitrogen and oxygen atoms in total. The van der Waals surface area contributed by atoms with E-state index in [1.807, 2.05) is 46.7 Å². The summed E-state index contributed by atoms with van der Waals surface area (Å²) in [5, 5.41) is 8.59. The van der Waals surface area contributed by atoms with Crippen molar-refractivity contribution in [3.63, 3.8) is 0 Å². The molecule has 6 rings (SSSR count). The van der Waals surface area contributed by atoms with Crippen LogP contribution in [-0.4, -0.2) is 27.6 Å². The standard InChI is InChI=1S/C29H27N5O3S/c1-36-28-14-21(4-7-27(28)37-15-22-16-38-18-31-22)20-3-5-23-25(13-20)32-24-6-2-19(12-26(24)33-29(23)35)8-10-34-11-9-30-17-34/h2,4,6-7,9,11-14,16-18,32H,3,5,8,10,15H2,1H3,(H,33,35). The number of nitrogens with one attached hydrogen (secondary N) is 2.